The molecule has 0 bridgehead atoms. The molecular formula is C28H51NO8. The molecule has 216 valence electrons. The van der Waals surface area contributed by atoms with Crippen LogP contribution in [0.3, 0.4) is 0 Å². The molecule has 0 aromatic heterocycles. The number of nitrogens with zero attached hydrogens (tertiary/aromatic N) is 1. The summed E-state index contributed by atoms with van der Waals surface area (Å²) >= 11 is 0. The Balaban J connectivity index is 5.59. The van der Waals surface area contributed by atoms with E-state index in [-0.39, 0.29) is 42.0 Å². The van der Waals surface area contributed by atoms with Crippen molar-refractivity contribution in [2.24, 2.45) is 17.8 Å². The average Bonchev–Trinajstić information content (AvgIpc) is 2.90. The summed E-state index contributed by atoms with van der Waals surface area (Å²) in [5.74, 6) is -0.679. The molecule has 37 heavy (non-hydrogen) atoms. The van der Waals surface area contributed by atoms with E-state index in [0.29, 0.717) is 25.7 Å². The SMILES string of the molecule is CCC(=O)O[C@H](CC)C[C@H](OC)[C@@H](C)CC[C@@H](OC(=O)C(C)OC)[C@H](C)[C@H](OC)[C@H](C)/C=C/N(C)C=O. The molecule has 0 aromatic carbocycles. The zero-order valence-electron chi connectivity index (χ0n) is 24.6. The highest BCUT2D eigenvalue weighted by Crippen LogP contribution is 2.29. The van der Waals surface area contributed by atoms with E-state index >= 15 is 0 Å². The summed E-state index contributed by atoms with van der Waals surface area (Å²) in [6.45, 7) is 11.5. The second kappa shape index (κ2) is 19.2. The van der Waals surface area contributed by atoms with Crippen LogP contribution in [0.25, 0.3) is 0 Å². The zero-order chi connectivity index (χ0) is 28.5. The van der Waals surface area contributed by atoms with E-state index in [2.05, 4.69) is 6.92 Å². The summed E-state index contributed by atoms with van der Waals surface area (Å²) in [4.78, 5) is 36.8. The Kier molecular flexibility index (Phi) is 18.1. The minimum absolute atomic E-state index is 0.0360. The molecule has 0 aromatic rings. The average molecular weight is 530 g/mol. The van der Waals surface area contributed by atoms with Crippen molar-refractivity contribution >= 4 is 18.3 Å². The van der Waals surface area contributed by atoms with Gasteiger partial charge in [0.15, 0.2) is 6.10 Å². The van der Waals surface area contributed by atoms with Gasteiger partial charge in [-0.15, -0.1) is 0 Å². The van der Waals surface area contributed by atoms with Crippen molar-refractivity contribution in [1.82, 2.24) is 4.90 Å². The number of carbonyl (C=O) groups is 3. The van der Waals surface area contributed by atoms with Crippen LogP contribution >= 0.6 is 0 Å². The van der Waals surface area contributed by atoms with Gasteiger partial charge in [-0.1, -0.05) is 40.7 Å². The van der Waals surface area contributed by atoms with Gasteiger partial charge in [0.25, 0.3) is 0 Å². The third kappa shape index (κ3) is 12.9. The van der Waals surface area contributed by atoms with Crippen LogP contribution in [0, 0.1) is 17.8 Å². The molecule has 0 N–H and O–H groups in total. The molecule has 0 aliphatic heterocycles. The fraction of sp³-hybridized carbons (Fsp3) is 0.821. The highest BCUT2D eigenvalue weighted by molar-refractivity contribution is 5.74. The fourth-order valence-electron chi connectivity index (χ4n) is 4.31. The first kappa shape index (κ1) is 35.0. The minimum atomic E-state index is -0.683. The summed E-state index contributed by atoms with van der Waals surface area (Å²) in [5.41, 5.74) is 0. The van der Waals surface area contributed by atoms with Gasteiger partial charge in [-0.25, -0.2) is 4.79 Å². The summed E-state index contributed by atoms with van der Waals surface area (Å²) in [6, 6.07) is 0. The van der Waals surface area contributed by atoms with E-state index in [1.807, 2.05) is 26.8 Å². The van der Waals surface area contributed by atoms with Crippen LogP contribution in [-0.4, -0.2) is 82.1 Å². The van der Waals surface area contributed by atoms with Gasteiger partial charge in [-0.3, -0.25) is 9.59 Å². The first-order valence-electron chi connectivity index (χ1n) is 13.3. The van der Waals surface area contributed by atoms with Gasteiger partial charge in [-0.2, -0.15) is 0 Å². The van der Waals surface area contributed by atoms with Crippen molar-refractivity contribution < 1.29 is 38.1 Å². The van der Waals surface area contributed by atoms with E-state index in [1.54, 1.807) is 41.3 Å². The Hall–Kier alpha value is -1.97. The van der Waals surface area contributed by atoms with Gasteiger partial charge in [0.1, 0.15) is 12.2 Å². The highest BCUT2D eigenvalue weighted by atomic mass is 16.6. The summed E-state index contributed by atoms with van der Waals surface area (Å²) in [7, 11) is 6.44. The molecule has 0 aliphatic rings. The van der Waals surface area contributed by atoms with Crippen molar-refractivity contribution in [3.8, 4) is 0 Å². The predicted molar refractivity (Wildman–Crippen MR) is 143 cm³/mol. The van der Waals surface area contributed by atoms with Crippen LogP contribution in [0.4, 0.5) is 0 Å². The number of hydrogen-bond acceptors (Lipinski definition) is 8. The van der Waals surface area contributed by atoms with Crippen molar-refractivity contribution in [2.75, 3.05) is 28.4 Å². The number of carbonyl (C=O) groups excluding carboxylic acids is 3. The van der Waals surface area contributed by atoms with Gasteiger partial charge >= 0.3 is 11.9 Å². The molecule has 8 atom stereocenters. The highest BCUT2D eigenvalue weighted by Gasteiger charge is 2.34. The van der Waals surface area contributed by atoms with E-state index in [0.717, 1.165) is 12.8 Å². The molecule has 1 amide bonds. The zero-order valence-corrected chi connectivity index (χ0v) is 24.6. The maximum absolute atomic E-state index is 12.7. The van der Waals surface area contributed by atoms with Gasteiger partial charge in [0, 0.05) is 59.3 Å². The van der Waals surface area contributed by atoms with E-state index in [1.165, 1.54) is 12.0 Å². The molecule has 1 unspecified atom stereocenters. The molecule has 9 nitrogen and oxygen atoms in total. The summed E-state index contributed by atoms with van der Waals surface area (Å²) in [5, 5.41) is 0. The van der Waals surface area contributed by atoms with Crippen LogP contribution in [0.1, 0.15) is 73.6 Å². The van der Waals surface area contributed by atoms with Crippen LogP contribution in [0.2, 0.25) is 0 Å². The Morgan fingerprint density at radius 2 is 1.54 bits per heavy atom. The lowest BCUT2D eigenvalue weighted by Gasteiger charge is -2.34. The molecule has 0 aliphatic carbocycles. The van der Waals surface area contributed by atoms with E-state index < -0.39 is 18.2 Å². The first-order chi connectivity index (χ1) is 17.5. The second-order valence-corrected chi connectivity index (χ2v) is 9.82. The third-order valence-electron chi connectivity index (χ3n) is 7.02. The third-order valence-corrected chi connectivity index (χ3v) is 7.02. The van der Waals surface area contributed by atoms with Crippen LogP contribution in [0.15, 0.2) is 12.3 Å². The van der Waals surface area contributed by atoms with Crippen molar-refractivity contribution in [1.29, 1.82) is 0 Å². The fourth-order valence-corrected chi connectivity index (χ4v) is 4.31. The lowest BCUT2D eigenvalue weighted by Crippen LogP contribution is -2.40. The van der Waals surface area contributed by atoms with Crippen LogP contribution < -0.4 is 0 Å². The lowest BCUT2D eigenvalue weighted by molar-refractivity contribution is -0.166. The van der Waals surface area contributed by atoms with E-state index in [9.17, 15) is 14.4 Å². The topological polar surface area (TPSA) is 101 Å². The maximum atomic E-state index is 12.7. The Morgan fingerprint density at radius 3 is 2.03 bits per heavy atom. The number of hydrogen-bond donors (Lipinski definition) is 0. The molecule has 0 rings (SSSR count). The smallest absolute Gasteiger partial charge is 0.335 e. The first-order valence-corrected chi connectivity index (χ1v) is 13.3. The summed E-state index contributed by atoms with van der Waals surface area (Å²) in [6.07, 6.45) is 5.65. The van der Waals surface area contributed by atoms with Gasteiger partial charge in [0.2, 0.25) is 6.41 Å². The van der Waals surface area contributed by atoms with E-state index in [4.69, 9.17) is 23.7 Å². The Morgan fingerprint density at radius 1 is 0.892 bits per heavy atom. The number of amides is 1. The summed E-state index contributed by atoms with van der Waals surface area (Å²) < 4.78 is 28.3. The number of ether oxygens (including phenoxy) is 5. The van der Waals surface area contributed by atoms with Crippen molar-refractivity contribution in [2.45, 2.75) is 104 Å². The Labute approximate surface area is 224 Å². The van der Waals surface area contributed by atoms with Gasteiger partial charge in [0.05, 0.1) is 12.2 Å². The number of rotatable bonds is 20. The molecule has 0 saturated heterocycles. The molecule has 0 saturated carbocycles. The maximum Gasteiger partial charge on any atom is 0.335 e. The number of methoxy groups -OCH3 is 3. The molecule has 0 radical (unpaired) electrons. The van der Waals surface area contributed by atoms with Crippen molar-refractivity contribution in [3.05, 3.63) is 12.3 Å². The predicted octanol–water partition coefficient (Wildman–Crippen LogP) is 4.38. The molecule has 9 heteroatoms. The minimum Gasteiger partial charge on any atom is -0.462 e. The monoisotopic (exact) mass is 529 g/mol. The molecule has 0 spiro atoms. The quantitative estimate of drug-likeness (QED) is 0.169. The van der Waals surface area contributed by atoms with Gasteiger partial charge in [-0.05, 0) is 32.1 Å². The normalized spacial score (nSPS) is 18.2. The number of esters is 2. The van der Waals surface area contributed by atoms with Crippen LogP contribution in [0.5, 0.6) is 0 Å². The van der Waals surface area contributed by atoms with Gasteiger partial charge < -0.3 is 28.6 Å². The Bertz CT molecular complexity index is 685. The van der Waals surface area contributed by atoms with Crippen molar-refractivity contribution in [3.63, 3.8) is 0 Å². The standard InChI is InChI=1S/C28H51NO8/c1-11-23(36-26(31)12-2)17-25(34-9)19(3)13-14-24(37-28(32)22(6)33-8)21(5)27(35-10)20(4)15-16-29(7)18-30/h15-16,18-25,27H,11-14,17H2,1-10H3/b16-15+/t19-,20+,21-,22?,23+,24+,25-,27+/m0/s1. The van der Waals surface area contributed by atoms with Crippen LogP contribution in [-0.2, 0) is 38.1 Å². The molecular weight excluding hydrogens is 478 g/mol. The lowest BCUT2D eigenvalue weighted by atomic mass is 9.84. The molecule has 0 fully saturated rings. The molecule has 0 heterocycles. The second-order valence-electron chi connectivity index (χ2n) is 9.82. The largest absolute Gasteiger partial charge is 0.462 e.